The molecule has 3 aliphatic heterocycles. The van der Waals surface area contributed by atoms with Crippen LogP contribution < -0.4 is 0 Å². The van der Waals surface area contributed by atoms with Crippen LogP contribution in [0.2, 0.25) is 0 Å². The van der Waals surface area contributed by atoms with Gasteiger partial charge < -0.3 is 14.3 Å². The van der Waals surface area contributed by atoms with Gasteiger partial charge in [-0.25, -0.2) is 9.97 Å². The molecular weight excluding hydrogens is 748 g/mol. The van der Waals surface area contributed by atoms with E-state index < -0.39 is 0 Å². The topological polar surface area (TPSA) is 55.7 Å². The predicted octanol–water partition coefficient (Wildman–Crippen LogP) is 10.3. The zero-order valence-electron chi connectivity index (χ0n) is 29.4. The first-order valence-electron chi connectivity index (χ1n) is 17.8. The summed E-state index contributed by atoms with van der Waals surface area (Å²) >= 11 is 0. The Morgan fingerprint density at radius 1 is 0.652 bits per heavy atom. The van der Waals surface area contributed by atoms with Crippen molar-refractivity contribution in [2.24, 2.45) is 0 Å². The van der Waals surface area contributed by atoms with Gasteiger partial charge in [-0.1, -0.05) is 48.5 Å². The van der Waals surface area contributed by atoms with Crippen LogP contribution in [0.4, 0.5) is 0 Å². The molecule has 0 radical (unpaired) electrons. The van der Waals surface area contributed by atoms with Gasteiger partial charge >= 0.3 is 0 Å². The SMILES string of the molecule is C1CCOC1.CCC1=C(CC)c2nc1c(CC)c1[nH]c(cc3nc(cc4c(CC)c(CC)c(c2CC)n4CC)C=C3)cc1CC.[Pt]. The molecular formula is C40H54N4OPt. The number of nitrogens with zero attached hydrogens (tertiary/aromatic N) is 3. The zero-order valence-corrected chi connectivity index (χ0v) is 31.7. The fourth-order valence-electron chi connectivity index (χ4n) is 7.57. The largest absolute Gasteiger partial charge is 0.381 e. The molecule has 1 saturated heterocycles. The van der Waals surface area contributed by atoms with Crippen molar-refractivity contribution in [3.63, 3.8) is 0 Å². The molecule has 0 amide bonds. The van der Waals surface area contributed by atoms with Crippen LogP contribution in [0.3, 0.4) is 0 Å². The van der Waals surface area contributed by atoms with Gasteiger partial charge in [-0.05, 0) is 123 Å². The number of aryl methyl sites for hydroxylation is 6. The number of H-pyrrole nitrogens is 1. The zero-order chi connectivity index (χ0) is 32.1. The Labute approximate surface area is 291 Å². The number of rotatable bonds is 8. The van der Waals surface area contributed by atoms with Gasteiger partial charge in [0.25, 0.3) is 0 Å². The molecule has 0 saturated carbocycles. The van der Waals surface area contributed by atoms with E-state index in [9.17, 15) is 0 Å². The molecule has 46 heavy (non-hydrogen) atoms. The molecule has 0 aliphatic carbocycles. The standard InChI is InChI=1S/C36H46N4.C4H8O.Pt/c1-9-22-19-25-20-23-17-18-24(37-23)21-32-26(10-2)29(13-5)36(40(32)16-8)31(15-7)35-28(12-4)27(11-3)34(39-35)30(14-6)33(22)38-25;1-2-4-5-3-1;/h17-21,38H,9-16H2,1-8H3;1-4H2;. The third-order valence-electron chi connectivity index (χ3n) is 9.68. The molecule has 0 atom stereocenters. The molecule has 3 aromatic heterocycles. The van der Waals surface area contributed by atoms with Gasteiger partial charge in [0.05, 0.1) is 28.3 Å². The first kappa shape index (κ1) is 36.1. The summed E-state index contributed by atoms with van der Waals surface area (Å²) in [5.74, 6) is 0. The number of aromatic amines is 1. The summed E-state index contributed by atoms with van der Waals surface area (Å²) in [4.78, 5) is 14.4. The van der Waals surface area contributed by atoms with Gasteiger partial charge in [-0.3, -0.25) is 0 Å². The van der Waals surface area contributed by atoms with E-state index in [1.807, 2.05) is 0 Å². The third-order valence-corrected chi connectivity index (χ3v) is 9.68. The molecule has 6 heterocycles. The average Bonchev–Trinajstić information content (AvgIpc) is 3.90. The molecule has 0 unspecified atom stereocenters. The van der Waals surface area contributed by atoms with Gasteiger partial charge in [-0.2, -0.15) is 0 Å². The van der Waals surface area contributed by atoms with Crippen LogP contribution in [0.5, 0.6) is 0 Å². The Kier molecular flexibility index (Phi) is 12.9. The van der Waals surface area contributed by atoms with Crippen molar-refractivity contribution in [3.05, 3.63) is 68.8 Å². The number of aromatic nitrogens is 4. The van der Waals surface area contributed by atoms with Gasteiger partial charge in [0, 0.05) is 68.5 Å². The van der Waals surface area contributed by atoms with E-state index >= 15 is 0 Å². The Bertz CT molecular complexity index is 1760. The van der Waals surface area contributed by atoms with Crippen molar-refractivity contribution in [3.8, 4) is 0 Å². The van der Waals surface area contributed by atoms with Gasteiger partial charge in [0.2, 0.25) is 0 Å². The summed E-state index contributed by atoms with van der Waals surface area (Å²) in [7, 11) is 0. The number of ether oxygens (including phenoxy) is 1. The molecule has 0 aromatic carbocycles. The molecule has 250 valence electrons. The van der Waals surface area contributed by atoms with Crippen LogP contribution in [-0.4, -0.2) is 32.7 Å². The normalized spacial score (nSPS) is 14.0. The van der Waals surface area contributed by atoms with Crippen LogP contribution in [0.15, 0.2) is 18.2 Å². The monoisotopic (exact) mass is 801 g/mol. The molecule has 6 rings (SSSR count). The van der Waals surface area contributed by atoms with Crippen LogP contribution in [0, 0.1) is 0 Å². The molecule has 1 fully saturated rings. The number of nitrogens with one attached hydrogen (secondary N) is 1. The van der Waals surface area contributed by atoms with E-state index in [0.29, 0.717) is 0 Å². The minimum atomic E-state index is 0. The number of allylic oxidation sites excluding steroid dienone is 2. The van der Waals surface area contributed by atoms with E-state index in [1.165, 1.54) is 79.7 Å². The van der Waals surface area contributed by atoms with Crippen molar-refractivity contribution < 1.29 is 25.8 Å². The number of hydrogen-bond donors (Lipinski definition) is 1. The molecule has 3 aromatic rings. The second-order valence-corrected chi connectivity index (χ2v) is 12.2. The van der Waals surface area contributed by atoms with Crippen molar-refractivity contribution in [2.45, 2.75) is 120 Å². The Hall–Kier alpha value is -2.75. The Balaban J connectivity index is 0.000000731. The first-order valence-corrected chi connectivity index (χ1v) is 17.8. The van der Waals surface area contributed by atoms with E-state index in [1.54, 1.807) is 0 Å². The van der Waals surface area contributed by atoms with Crippen LogP contribution >= 0.6 is 0 Å². The van der Waals surface area contributed by atoms with Crippen LogP contribution in [-0.2, 0) is 64.5 Å². The average molecular weight is 802 g/mol. The summed E-state index contributed by atoms with van der Waals surface area (Å²) in [6.45, 7) is 21.2. The van der Waals surface area contributed by atoms with Gasteiger partial charge in [0.1, 0.15) is 0 Å². The Morgan fingerprint density at radius 2 is 1.24 bits per heavy atom. The summed E-state index contributed by atoms with van der Waals surface area (Å²) in [6, 6.07) is 6.80. The maximum absolute atomic E-state index is 5.61. The number of hydrogen-bond acceptors (Lipinski definition) is 3. The van der Waals surface area contributed by atoms with E-state index in [0.717, 1.165) is 81.6 Å². The molecule has 6 heteroatoms. The van der Waals surface area contributed by atoms with Crippen molar-refractivity contribution >= 4 is 45.4 Å². The smallest absolute Gasteiger partial charge is 0.0725 e. The van der Waals surface area contributed by atoms with Crippen molar-refractivity contribution in [1.82, 2.24) is 19.5 Å². The third kappa shape index (κ3) is 6.78. The summed E-state index contributed by atoms with van der Waals surface area (Å²) in [6.07, 6.45) is 13.7. The second-order valence-electron chi connectivity index (χ2n) is 12.2. The van der Waals surface area contributed by atoms with Gasteiger partial charge in [0.15, 0.2) is 0 Å². The minimum absolute atomic E-state index is 0. The quantitative estimate of drug-likeness (QED) is 0.193. The van der Waals surface area contributed by atoms with Crippen molar-refractivity contribution in [1.29, 1.82) is 0 Å². The second kappa shape index (κ2) is 16.4. The van der Waals surface area contributed by atoms with Crippen LogP contribution in [0.1, 0.15) is 132 Å². The fourth-order valence-corrected chi connectivity index (χ4v) is 7.57. The number of fused-ring (bicyclic) bond motifs is 8. The molecule has 0 spiro atoms. The van der Waals surface area contributed by atoms with Crippen molar-refractivity contribution in [2.75, 3.05) is 13.2 Å². The summed E-state index contributed by atoms with van der Waals surface area (Å²) in [5.41, 5.74) is 19.3. The van der Waals surface area contributed by atoms with Crippen LogP contribution in [0.25, 0.3) is 45.4 Å². The van der Waals surface area contributed by atoms with E-state index in [2.05, 4.69) is 95.3 Å². The molecule has 3 aliphatic rings. The molecule has 1 N–H and O–H groups in total. The molecule has 8 bridgehead atoms. The molecule has 5 nitrogen and oxygen atoms in total. The van der Waals surface area contributed by atoms with E-state index in [4.69, 9.17) is 14.7 Å². The summed E-state index contributed by atoms with van der Waals surface area (Å²) in [5, 5.41) is 0. The Morgan fingerprint density at radius 3 is 1.74 bits per heavy atom. The summed E-state index contributed by atoms with van der Waals surface area (Å²) < 4.78 is 7.50. The first-order chi connectivity index (χ1) is 22.0. The van der Waals surface area contributed by atoms with Gasteiger partial charge in [-0.15, -0.1) is 0 Å². The predicted molar refractivity (Wildman–Crippen MR) is 194 cm³/mol. The van der Waals surface area contributed by atoms with E-state index in [-0.39, 0.29) is 21.1 Å². The maximum Gasteiger partial charge on any atom is 0.0725 e. The fraction of sp³-hybridized carbons (Fsp3) is 0.500. The maximum atomic E-state index is 5.61. The minimum Gasteiger partial charge on any atom is -0.381 e.